The van der Waals surface area contributed by atoms with E-state index in [9.17, 15) is 9.59 Å². The highest BCUT2D eigenvalue weighted by Gasteiger charge is 2.23. The molecule has 1 rings (SSSR count). The Bertz CT molecular complexity index is 316. The van der Waals surface area contributed by atoms with Crippen LogP contribution in [0.25, 0.3) is 0 Å². The van der Waals surface area contributed by atoms with Gasteiger partial charge in [0.2, 0.25) is 11.8 Å². The summed E-state index contributed by atoms with van der Waals surface area (Å²) in [4.78, 5) is 26.4. The Balaban J connectivity index is 2.44. The first-order chi connectivity index (χ1) is 7.56. The Labute approximate surface area is 95.6 Å². The van der Waals surface area contributed by atoms with Gasteiger partial charge in [0, 0.05) is 20.1 Å². The lowest BCUT2D eigenvalue weighted by Gasteiger charge is -2.21. The van der Waals surface area contributed by atoms with Crippen LogP contribution in [0.3, 0.4) is 0 Å². The van der Waals surface area contributed by atoms with E-state index in [4.69, 9.17) is 5.26 Å². The summed E-state index contributed by atoms with van der Waals surface area (Å²) in [6.07, 6.45) is 2.08. The molecule has 0 aliphatic carbocycles. The molecule has 88 valence electrons. The molecule has 2 amide bonds. The molecule has 5 heteroatoms. The number of nitriles is 1. The summed E-state index contributed by atoms with van der Waals surface area (Å²) in [5.41, 5.74) is 0. The van der Waals surface area contributed by atoms with Gasteiger partial charge in [0.05, 0.1) is 12.6 Å². The fraction of sp³-hybridized carbons (Fsp3) is 0.727. The van der Waals surface area contributed by atoms with Crippen molar-refractivity contribution in [2.75, 3.05) is 26.7 Å². The minimum absolute atomic E-state index is 0.0292. The van der Waals surface area contributed by atoms with Crippen LogP contribution in [0.2, 0.25) is 0 Å². The second-order valence-corrected chi connectivity index (χ2v) is 4.13. The summed E-state index contributed by atoms with van der Waals surface area (Å²) in [6.45, 7) is 3.19. The fourth-order valence-corrected chi connectivity index (χ4v) is 1.73. The average Bonchev–Trinajstić information content (AvgIpc) is 2.80. The predicted molar refractivity (Wildman–Crippen MR) is 58.2 cm³/mol. The fourth-order valence-electron chi connectivity index (χ4n) is 1.73. The summed E-state index contributed by atoms with van der Waals surface area (Å²) < 4.78 is 0. The summed E-state index contributed by atoms with van der Waals surface area (Å²) in [5, 5.41) is 8.61. The van der Waals surface area contributed by atoms with Gasteiger partial charge in [0.25, 0.3) is 0 Å². The summed E-state index contributed by atoms with van der Waals surface area (Å²) in [6, 6.07) is 1.87. The first-order valence-corrected chi connectivity index (χ1v) is 5.48. The van der Waals surface area contributed by atoms with Crippen molar-refractivity contribution in [1.29, 1.82) is 5.26 Å². The average molecular weight is 223 g/mol. The normalized spacial score (nSPS) is 16.7. The van der Waals surface area contributed by atoms with Crippen molar-refractivity contribution in [3.63, 3.8) is 0 Å². The Morgan fingerprint density at radius 3 is 2.50 bits per heavy atom. The number of hydrogen-bond donors (Lipinski definition) is 0. The van der Waals surface area contributed by atoms with Crippen molar-refractivity contribution in [2.45, 2.75) is 19.8 Å². The first-order valence-electron chi connectivity index (χ1n) is 5.48. The molecule has 1 unspecified atom stereocenters. The third-order valence-corrected chi connectivity index (χ3v) is 2.77. The topological polar surface area (TPSA) is 64.4 Å². The number of likely N-dealkylation sites (N-methyl/N-ethyl adjacent to an activating group) is 1. The molecule has 1 aliphatic heterocycles. The molecule has 1 aliphatic rings. The molecule has 1 heterocycles. The van der Waals surface area contributed by atoms with E-state index in [-0.39, 0.29) is 18.4 Å². The van der Waals surface area contributed by atoms with Crippen LogP contribution in [0.1, 0.15) is 19.8 Å². The quantitative estimate of drug-likeness (QED) is 0.687. The highest BCUT2D eigenvalue weighted by molar-refractivity contribution is 5.86. The van der Waals surface area contributed by atoms with E-state index in [0.29, 0.717) is 0 Å². The zero-order valence-electron chi connectivity index (χ0n) is 9.77. The maximum atomic E-state index is 11.7. The lowest BCUT2D eigenvalue weighted by molar-refractivity contribution is -0.139. The van der Waals surface area contributed by atoms with Gasteiger partial charge in [-0.3, -0.25) is 9.59 Å². The molecule has 16 heavy (non-hydrogen) atoms. The standard InChI is InChI=1S/C11H17N3O2/c1-9(7-12)11(16)13(2)8-10(15)14-5-3-4-6-14/h9H,3-6,8H2,1-2H3. The maximum Gasteiger partial charge on any atom is 0.242 e. The Kier molecular flexibility index (Phi) is 4.29. The van der Waals surface area contributed by atoms with Gasteiger partial charge in [0.15, 0.2) is 0 Å². The number of rotatable bonds is 3. The van der Waals surface area contributed by atoms with Crippen molar-refractivity contribution < 1.29 is 9.59 Å². The molecular formula is C11H17N3O2. The van der Waals surface area contributed by atoms with Gasteiger partial charge in [-0.1, -0.05) is 0 Å². The van der Waals surface area contributed by atoms with Crippen LogP contribution in [0, 0.1) is 17.2 Å². The molecule has 1 saturated heterocycles. The molecule has 5 nitrogen and oxygen atoms in total. The lowest BCUT2D eigenvalue weighted by Crippen LogP contribution is -2.41. The van der Waals surface area contributed by atoms with Gasteiger partial charge in [-0.25, -0.2) is 0 Å². The minimum atomic E-state index is -0.684. The smallest absolute Gasteiger partial charge is 0.242 e. The van der Waals surface area contributed by atoms with Crippen molar-refractivity contribution >= 4 is 11.8 Å². The zero-order valence-corrected chi connectivity index (χ0v) is 9.77. The molecule has 0 radical (unpaired) electrons. The van der Waals surface area contributed by atoms with Crippen LogP contribution in [-0.4, -0.2) is 48.3 Å². The predicted octanol–water partition coefficient (Wildman–Crippen LogP) is 0.227. The Morgan fingerprint density at radius 1 is 1.44 bits per heavy atom. The second kappa shape index (κ2) is 5.50. The maximum absolute atomic E-state index is 11.7. The van der Waals surface area contributed by atoms with Crippen LogP contribution < -0.4 is 0 Å². The second-order valence-electron chi connectivity index (χ2n) is 4.13. The largest absolute Gasteiger partial charge is 0.341 e. The van der Waals surface area contributed by atoms with Crippen LogP contribution in [0.4, 0.5) is 0 Å². The number of carbonyl (C=O) groups is 2. The zero-order chi connectivity index (χ0) is 12.1. The third kappa shape index (κ3) is 2.96. The van der Waals surface area contributed by atoms with Crippen molar-refractivity contribution in [3.8, 4) is 6.07 Å². The molecule has 1 fully saturated rings. The minimum Gasteiger partial charge on any atom is -0.341 e. The molecule has 0 aromatic heterocycles. The number of likely N-dealkylation sites (tertiary alicyclic amines) is 1. The lowest BCUT2D eigenvalue weighted by atomic mass is 10.2. The monoisotopic (exact) mass is 223 g/mol. The third-order valence-electron chi connectivity index (χ3n) is 2.77. The van der Waals surface area contributed by atoms with Crippen molar-refractivity contribution in [3.05, 3.63) is 0 Å². The van der Waals surface area contributed by atoms with E-state index >= 15 is 0 Å². The molecule has 0 N–H and O–H groups in total. The van der Waals surface area contributed by atoms with E-state index in [0.717, 1.165) is 25.9 Å². The SMILES string of the molecule is CC(C#N)C(=O)N(C)CC(=O)N1CCCC1. The highest BCUT2D eigenvalue weighted by atomic mass is 16.2. The number of hydrogen-bond acceptors (Lipinski definition) is 3. The van der Waals surface area contributed by atoms with Crippen molar-refractivity contribution in [2.24, 2.45) is 5.92 Å². The van der Waals surface area contributed by atoms with E-state index in [1.807, 2.05) is 6.07 Å². The molecule has 0 aromatic rings. The molecular weight excluding hydrogens is 206 g/mol. The first kappa shape index (κ1) is 12.5. The molecule has 0 spiro atoms. The Morgan fingerprint density at radius 2 is 2.00 bits per heavy atom. The van der Waals surface area contributed by atoms with Crippen LogP contribution in [0.15, 0.2) is 0 Å². The van der Waals surface area contributed by atoms with Gasteiger partial charge in [-0.05, 0) is 19.8 Å². The number of nitrogens with zero attached hydrogens (tertiary/aromatic N) is 3. The van der Waals surface area contributed by atoms with Gasteiger partial charge in [-0.2, -0.15) is 5.26 Å². The van der Waals surface area contributed by atoms with Crippen LogP contribution >= 0.6 is 0 Å². The molecule has 0 saturated carbocycles. The summed E-state index contributed by atoms with van der Waals surface area (Å²) >= 11 is 0. The molecule has 0 aromatic carbocycles. The highest BCUT2D eigenvalue weighted by Crippen LogP contribution is 2.08. The molecule has 1 atom stereocenters. The van der Waals surface area contributed by atoms with Gasteiger partial charge >= 0.3 is 0 Å². The van der Waals surface area contributed by atoms with E-state index in [1.54, 1.807) is 18.9 Å². The molecule has 0 bridgehead atoms. The van der Waals surface area contributed by atoms with Crippen molar-refractivity contribution in [1.82, 2.24) is 9.80 Å². The van der Waals surface area contributed by atoms with Gasteiger partial charge in [-0.15, -0.1) is 0 Å². The van der Waals surface area contributed by atoms with Crippen LogP contribution in [-0.2, 0) is 9.59 Å². The van der Waals surface area contributed by atoms with E-state index in [1.165, 1.54) is 4.90 Å². The number of carbonyl (C=O) groups excluding carboxylic acids is 2. The summed E-state index contributed by atoms with van der Waals surface area (Å²) in [7, 11) is 1.56. The van der Waals surface area contributed by atoms with Gasteiger partial charge < -0.3 is 9.80 Å². The van der Waals surface area contributed by atoms with E-state index in [2.05, 4.69) is 0 Å². The number of amides is 2. The van der Waals surface area contributed by atoms with Crippen LogP contribution in [0.5, 0.6) is 0 Å². The van der Waals surface area contributed by atoms with E-state index < -0.39 is 5.92 Å². The Hall–Kier alpha value is -1.57. The van der Waals surface area contributed by atoms with Gasteiger partial charge in [0.1, 0.15) is 5.92 Å². The summed E-state index contributed by atoms with van der Waals surface area (Å²) in [5.74, 6) is -1.01.